The minimum atomic E-state index is -4.32. The molecule has 0 aliphatic heterocycles. The van der Waals surface area contributed by atoms with Crippen molar-refractivity contribution >= 4 is 27.5 Å². The summed E-state index contributed by atoms with van der Waals surface area (Å²) in [6.07, 6.45) is -0.265. The zero-order chi connectivity index (χ0) is 16.2. The Morgan fingerprint density at radius 2 is 2.14 bits per heavy atom. The molecule has 21 heavy (non-hydrogen) atoms. The summed E-state index contributed by atoms with van der Waals surface area (Å²) >= 11 is 5.69. The van der Waals surface area contributed by atoms with Gasteiger partial charge in [0.2, 0.25) is 10.0 Å². The van der Waals surface area contributed by atoms with E-state index in [2.05, 4.69) is 5.32 Å². The number of rotatable bonds is 6. The molecular weight excluding hydrogens is 323 g/mol. The molecule has 9 heteroatoms. The number of carbonyl (C=O) groups is 1. The van der Waals surface area contributed by atoms with Crippen LogP contribution >= 0.6 is 11.6 Å². The van der Waals surface area contributed by atoms with E-state index in [1.807, 2.05) is 0 Å². The summed E-state index contributed by atoms with van der Waals surface area (Å²) in [6, 6.07) is 1.89. The normalized spacial score (nSPS) is 13.0. The largest absolute Gasteiger partial charge is 0.377 e. The van der Waals surface area contributed by atoms with Crippen molar-refractivity contribution in [2.75, 3.05) is 13.2 Å². The monoisotopic (exact) mass is 338 g/mol. The fourth-order valence-corrected chi connectivity index (χ4v) is 2.55. The summed E-state index contributed by atoms with van der Waals surface area (Å²) in [5.41, 5.74) is -0.491. The Hall–Kier alpha value is -1.22. The first-order chi connectivity index (χ1) is 9.66. The molecule has 0 saturated carbocycles. The molecule has 1 aromatic rings. The van der Waals surface area contributed by atoms with E-state index in [0.717, 1.165) is 12.1 Å². The lowest BCUT2D eigenvalue weighted by Gasteiger charge is -2.13. The van der Waals surface area contributed by atoms with Crippen LogP contribution in [0.5, 0.6) is 0 Å². The highest BCUT2D eigenvalue weighted by molar-refractivity contribution is 7.89. The van der Waals surface area contributed by atoms with Gasteiger partial charge in [0, 0.05) is 18.2 Å². The van der Waals surface area contributed by atoms with Crippen molar-refractivity contribution in [2.24, 2.45) is 5.14 Å². The summed E-state index contributed by atoms with van der Waals surface area (Å²) in [6.45, 7) is 4.14. The van der Waals surface area contributed by atoms with Crippen molar-refractivity contribution in [3.8, 4) is 0 Å². The molecule has 0 aliphatic rings. The third-order valence-corrected chi connectivity index (χ3v) is 3.68. The fourth-order valence-electron chi connectivity index (χ4n) is 1.61. The molecule has 0 spiro atoms. The molecular formula is C12H16ClFN2O4S. The van der Waals surface area contributed by atoms with Gasteiger partial charge in [-0.15, -0.1) is 0 Å². The standard InChI is InChI=1S/C12H16ClFN2O4S/c1-3-20-7(2)6-16-12(17)9-4-8(13)5-10(11(9)14)21(15,18)19/h4-5,7H,3,6H2,1-2H3,(H,16,17)(H2,15,18,19). The molecule has 0 aromatic heterocycles. The molecule has 1 amide bonds. The van der Waals surface area contributed by atoms with Gasteiger partial charge in [0.05, 0.1) is 11.7 Å². The van der Waals surface area contributed by atoms with E-state index in [1.54, 1.807) is 13.8 Å². The maximum Gasteiger partial charge on any atom is 0.254 e. The second-order valence-electron chi connectivity index (χ2n) is 4.29. The van der Waals surface area contributed by atoms with Crippen LogP contribution in [0.15, 0.2) is 17.0 Å². The first-order valence-electron chi connectivity index (χ1n) is 6.08. The Kier molecular flexibility index (Phi) is 6.09. The van der Waals surface area contributed by atoms with Crippen LogP contribution in [0.25, 0.3) is 0 Å². The number of ether oxygens (including phenoxy) is 1. The number of hydrogen-bond donors (Lipinski definition) is 2. The molecule has 0 saturated heterocycles. The van der Waals surface area contributed by atoms with Gasteiger partial charge in [0.25, 0.3) is 5.91 Å². The van der Waals surface area contributed by atoms with E-state index in [4.69, 9.17) is 21.5 Å². The fraction of sp³-hybridized carbons (Fsp3) is 0.417. The molecule has 1 unspecified atom stereocenters. The van der Waals surface area contributed by atoms with Crippen molar-refractivity contribution < 1.29 is 22.3 Å². The molecule has 1 rings (SSSR count). The van der Waals surface area contributed by atoms with Crippen LogP contribution < -0.4 is 10.5 Å². The van der Waals surface area contributed by atoms with E-state index in [9.17, 15) is 17.6 Å². The number of primary sulfonamides is 1. The van der Waals surface area contributed by atoms with Crippen molar-refractivity contribution in [3.05, 3.63) is 28.5 Å². The highest BCUT2D eigenvalue weighted by atomic mass is 35.5. The predicted octanol–water partition coefficient (Wildman–Crippen LogP) is 1.28. The number of halogens is 2. The Bertz CT molecular complexity index is 636. The minimum Gasteiger partial charge on any atom is -0.377 e. The summed E-state index contributed by atoms with van der Waals surface area (Å²) in [5, 5.41) is 7.20. The van der Waals surface area contributed by atoms with E-state index < -0.39 is 32.2 Å². The van der Waals surface area contributed by atoms with Crippen molar-refractivity contribution in [2.45, 2.75) is 24.8 Å². The predicted molar refractivity (Wildman–Crippen MR) is 76.2 cm³/mol. The van der Waals surface area contributed by atoms with Gasteiger partial charge >= 0.3 is 0 Å². The van der Waals surface area contributed by atoms with Crippen LogP contribution in [0.3, 0.4) is 0 Å². The lowest BCUT2D eigenvalue weighted by Crippen LogP contribution is -2.33. The molecule has 1 atom stereocenters. The topological polar surface area (TPSA) is 98.5 Å². The second-order valence-corrected chi connectivity index (χ2v) is 6.25. The van der Waals surface area contributed by atoms with Gasteiger partial charge in [0.1, 0.15) is 4.90 Å². The Morgan fingerprint density at radius 3 is 2.67 bits per heavy atom. The maximum absolute atomic E-state index is 14.1. The molecule has 0 bridgehead atoms. The number of nitrogens with one attached hydrogen (secondary N) is 1. The van der Waals surface area contributed by atoms with Crippen molar-refractivity contribution in [3.63, 3.8) is 0 Å². The highest BCUT2D eigenvalue weighted by Crippen LogP contribution is 2.22. The van der Waals surface area contributed by atoms with Crippen LogP contribution in [0.1, 0.15) is 24.2 Å². The third-order valence-electron chi connectivity index (χ3n) is 2.56. The molecule has 0 fully saturated rings. The number of carbonyl (C=O) groups excluding carboxylic acids is 1. The van der Waals surface area contributed by atoms with Gasteiger partial charge in [-0.25, -0.2) is 17.9 Å². The van der Waals surface area contributed by atoms with Gasteiger partial charge in [-0.2, -0.15) is 0 Å². The van der Waals surface area contributed by atoms with Crippen LogP contribution in [0, 0.1) is 5.82 Å². The van der Waals surface area contributed by atoms with E-state index in [-0.39, 0.29) is 17.7 Å². The first-order valence-corrected chi connectivity index (χ1v) is 8.00. The Balaban J connectivity index is 3.03. The lowest BCUT2D eigenvalue weighted by molar-refractivity contribution is 0.0693. The van der Waals surface area contributed by atoms with Gasteiger partial charge in [-0.05, 0) is 26.0 Å². The molecule has 6 nitrogen and oxygen atoms in total. The van der Waals surface area contributed by atoms with Gasteiger partial charge in [-0.3, -0.25) is 4.79 Å². The van der Waals surface area contributed by atoms with Gasteiger partial charge < -0.3 is 10.1 Å². The molecule has 0 heterocycles. The number of hydrogen-bond acceptors (Lipinski definition) is 4. The minimum absolute atomic E-state index is 0.108. The number of nitrogens with two attached hydrogens (primary N) is 1. The zero-order valence-corrected chi connectivity index (χ0v) is 13.1. The van der Waals surface area contributed by atoms with Crippen LogP contribution in [-0.2, 0) is 14.8 Å². The van der Waals surface area contributed by atoms with Crippen molar-refractivity contribution in [1.82, 2.24) is 5.32 Å². The Morgan fingerprint density at radius 1 is 1.52 bits per heavy atom. The van der Waals surface area contributed by atoms with Crippen LogP contribution in [0.2, 0.25) is 5.02 Å². The second kappa shape index (κ2) is 7.17. The van der Waals surface area contributed by atoms with E-state index >= 15 is 0 Å². The lowest BCUT2D eigenvalue weighted by atomic mass is 10.2. The first kappa shape index (κ1) is 17.8. The maximum atomic E-state index is 14.1. The quantitative estimate of drug-likeness (QED) is 0.816. The number of amides is 1. The number of benzene rings is 1. The molecule has 0 aliphatic carbocycles. The summed E-state index contributed by atoms with van der Waals surface area (Å²) < 4.78 is 41.8. The SMILES string of the molecule is CCOC(C)CNC(=O)c1cc(Cl)cc(S(N)(=O)=O)c1F. The summed E-state index contributed by atoms with van der Waals surface area (Å²) in [5.74, 6) is -2.03. The van der Waals surface area contributed by atoms with E-state index in [0.29, 0.717) is 6.61 Å². The smallest absolute Gasteiger partial charge is 0.254 e. The summed E-state index contributed by atoms with van der Waals surface area (Å²) in [4.78, 5) is 11.1. The van der Waals surface area contributed by atoms with E-state index in [1.165, 1.54) is 0 Å². The number of sulfonamides is 1. The van der Waals surface area contributed by atoms with Crippen LogP contribution in [0.4, 0.5) is 4.39 Å². The van der Waals surface area contributed by atoms with Gasteiger partial charge in [-0.1, -0.05) is 11.6 Å². The molecule has 3 N–H and O–H groups in total. The van der Waals surface area contributed by atoms with Crippen LogP contribution in [-0.4, -0.2) is 33.6 Å². The Labute approximate surface area is 127 Å². The molecule has 1 aromatic carbocycles. The highest BCUT2D eigenvalue weighted by Gasteiger charge is 2.22. The third kappa shape index (κ3) is 4.92. The zero-order valence-electron chi connectivity index (χ0n) is 11.5. The molecule has 118 valence electrons. The average Bonchev–Trinajstić information content (AvgIpc) is 2.37. The van der Waals surface area contributed by atoms with Gasteiger partial charge in [0.15, 0.2) is 5.82 Å². The van der Waals surface area contributed by atoms with Crippen molar-refractivity contribution in [1.29, 1.82) is 0 Å². The average molecular weight is 339 g/mol. The summed E-state index contributed by atoms with van der Waals surface area (Å²) in [7, 11) is -4.32. The molecule has 0 radical (unpaired) electrons.